The van der Waals surface area contributed by atoms with Crippen LogP contribution >= 0.6 is 0 Å². The largest absolute Gasteiger partial charge is 0.248 e. The molecule has 0 unspecified atom stereocenters. The molecule has 1 aromatic heterocycles. The molecule has 1 heterocycles. The first-order chi connectivity index (χ1) is 22.8. The molecule has 0 aliphatic heterocycles. The molecular weight excluding hydrogens is 555 g/mol. The molecule has 9 aromatic rings. The van der Waals surface area contributed by atoms with Crippen molar-refractivity contribution in [1.82, 2.24) is 4.98 Å². The van der Waals surface area contributed by atoms with E-state index in [1.54, 1.807) is 0 Å². The second-order valence-electron chi connectivity index (χ2n) is 11.9. The topological polar surface area (TPSA) is 12.9 Å². The van der Waals surface area contributed by atoms with Crippen molar-refractivity contribution in [2.45, 2.75) is 0 Å². The van der Waals surface area contributed by atoms with Gasteiger partial charge in [0.15, 0.2) is 0 Å². The molecule has 0 aliphatic carbocycles. The van der Waals surface area contributed by atoms with Gasteiger partial charge >= 0.3 is 0 Å². The summed E-state index contributed by atoms with van der Waals surface area (Å²) in [4.78, 5) is 5.12. The average Bonchev–Trinajstić information content (AvgIpc) is 3.14. The second kappa shape index (κ2) is 10.8. The third-order valence-corrected chi connectivity index (χ3v) is 9.26. The van der Waals surface area contributed by atoms with Crippen LogP contribution in [0.5, 0.6) is 0 Å². The van der Waals surface area contributed by atoms with Crippen LogP contribution < -0.4 is 0 Å². The van der Waals surface area contributed by atoms with Crippen molar-refractivity contribution in [3.8, 4) is 44.6 Å². The molecule has 0 saturated carbocycles. The maximum Gasteiger partial charge on any atom is 0.0722 e. The third kappa shape index (κ3) is 4.45. The van der Waals surface area contributed by atoms with E-state index in [9.17, 15) is 0 Å². The van der Waals surface area contributed by atoms with Crippen molar-refractivity contribution in [3.05, 3.63) is 176 Å². The van der Waals surface area contributed by atoms with Crippen LogP contribution in [0.3, 0.4) is 0 Å². The van der Waals surface area contributed by atoms with Gasteiger partial charge in [-0.2, -0.15) is 0 Å². The first kappa shape index (κ1) is 26.4. The lowest BCUT2D eigenvalue weighted by molar-refractivity contribution is 1.40. The van der Waals surface area contributed by atoms with Crippen LogP contribution in [-0.4, -0.2) is 4.98 Å². The maximum absolute atomic E-state index is 5.12. The molecule has 0 spiro atoms. The summed E-state index contributed by atoms with van der Waals surface area (Å²) >= 11 is 0. The van der Waals surface area contributed by atoms with Crippen molar-refractivity contribution in [2.75, 3.05) is 0 Å². The van der Waals surface area contributed by atoms with Gasteiger partial charge in [-0.05, 0) is 83.9 Å². The number of nitrogens with zero attached hydrogens (tertiary/aromatic N) is 1. The molecule has 9 rings (SSSR count). The average molecular weight is 584 g/mol. The van der Waals surface area contributed by atoms with Gasteiger partial charge in [-0.1, -0.05) is 158 Å². The van der Waals surface area contributed by atoms with Crippen LogP contribution in [0, 0.1) is 0 Å². The first-order valence-corrected chi connectivity index (χ1v) is 15.8. The van der Waals surface area contributed by atoms with Gasteiger partial charge in [-0.25, -0.2) is 4.98 Å². The van der Waals surface area contributed by atoms with Gasteiger partial charge in [0.1, 0.15) is 0 Å². The molecule has 0 aliphatic rings. The van der Waals surface area contributed by atoms with E-state index in [4.69, 9.17) is 4.98 Å². The fraction of sp³-hybridized carbons (Fsp3) is 0. The summed E-state index contributed by atoms with van der Waals surface area (Å²) in [5, 5.41) is 8.78. The summed E-state index contributed by atoms with van der Waals surface area (Å²) in [6, 6.07) is 63.4. The van der Waals surface area contributed by atoms with Crippen LogP contribution in [0.1, 0.15) is 0 Å². The number of fused-ring (bicyclic) bond motifs is 6. The van der Waals surface area contributed by atoms with E-state index >= 15 is 0 Å². The second-order valence-corrected chi connectivity index (χ2v) is 11.9. The van der Waals surface area contributed by atoms with E-state index in [0.717, 1.165) is 16.8 Å². The maximum atomic E-state index is 5.12. The predicted octanol–water partition coefficient (Wildman–Crippen LogP) is 12.4. The summed E-state index contributed by atoms with van der Waals surface area (Å²) < 4.78 is 0. The number of hydrogen-bond donors (Lipinski definition) is 0. The molecule has 0 radical (unpaired) electrons. The molecule has 46 heavy (non-hydrogen) atoms. The van der Waals surface area contributed by atoms with Crippen LogP contribution in [-0.2, 0) is 0 Å². The molecule has 0 N–H and O–H groups in total. The molecule has 1 nitrogen and oxygen atoms in total. The van der Waals surface area contributed by atoms with Gasteiger partial charge in [0, 0.05) is 10.9 Å². The van der Waals surface area contributed by atoms with E-state index in [-0.39, 0.29) is 0 Å². The minimum absolute atomic E-state index is 0.985. The van der Waals surface area contributed by atoms with Crippen molar-refractivity contribution < 1.29 is 0 Å². The summed E-state index contributed by atoms with van der Waals surface area (Å²) in [5.74, 6) is 0. The Balaban J connectivity index is 1.12. The Kier molecular flexibility index (Phi) is 6.21. The van der Waals surface area contributed by atoms with E-state index in [1.807, 2.05) is 6.07 Å². The highest BCUT2D eigenvalue weighted by atomic mass is 14.7. The van der Waals surface area contributed by atoms with Gasteiger partial charge in [-0.3, -0.25) is 0 Å². The number of aromatic nitrogens is 1. The summed E-state index contributed by atoms with van der Waals surface area (Å²) in [7, 11) is 0. The standard InChI is InChI=1S/C45H29N/c1-2-11-35(12-3-1)44-29-42(45-38-15-7-4-10-32(38)26-27-43(45)46-44)34-24-20-31(21-25-34)30-18-22-33(23-19-30)41-28-36-13-5-6-14-37(36)39-16-8-9-17-40(39)41/h1-29H. The van der Waals surface area contributed by atoms with E-state index < -0.39 is 0 Å². The van der Waals surface area contributed by atoms with Crippen LogP contribution in [0.25, 0.3) is 87.9 Å². The highest BCUT2D eigenvalue weighted by molar-refractivity contribution is 6.15. The van der Waals surface area contributed by atoms with Crippen LogP contribution in [0.4, 0.5) is 0 Å². The minimum Gasteiger partial charge on any atom is -0.248 e. The SMILES string of the molecule is c1ccc(-c2cc(-c3ccc(-c4ccc(-c5cc6ccccc6c6ccccc56)cc4)cc3)c3c(ccc4ccccc43)n2)cc1. The number of benzene rings is 8. The Labute approximate surface area is 268 Å². The normalized spacial score (nSPS) is 11.5. The van der Waals surface area contributed by atoms with E-state index in [0.29, 0.717) is 0 Å². The van der Waals surface area contributed by atoms with Gasteiger partial charge in [0.25, 0.3) is 0 Å². The van der Waals surface area contributed by atoms with Crippen LogP contribution in [0.15, 0.2) is 176 Å². The molecule has 8 aromatic carbocycles. The molecule has 0 amide bonds. The molecule has 1 heteroatoms. The van der Waals surface area contributed by atoms with Crippen molar-refractivity contribution >= 4 is 43.2 Å². The summed E-state index contributed by atoms with van der Waals surface area (Å²) in [6.07, 6.45) is 0. The van der Waals surface area contributed by atoms with E-state index in [2.05, 4.69) is 170 Å². The fourth-order valence-corrected chi connectivity index (χ4v) is 6.97. The number of rotatable bonds is 4. The van der Waals surface area contributed by atoms with Crippen molar-refractivity contribution in [2.24, 2.45) is 0 Å². The highest BCUT2D eigenvalue weighted by Crippen LogP contribution is 2.38. The van der Waals surface area contributed by atoms with Gasteiger partial charge in [0.05, 0.1) is 11.2 Å². The Hall–Kier alpha value is -6.05. The molecular formula is C45H29N. The lowest BCUT2D eigenvalue weighted by atomic mass is 9.91. The molecule has 0 bridgehead atoms. The van der Waals surface area contributed by atoms with Crippen molar-refractivity contribution in [3.63, 3.8) is 0 Å². The zero-order chi connectivity index (χ0) is 30.5. The summed E-state index contributed by atoms with van der Waals surface area (Å²) in [5.41, 5.74) is 10.4. The number of hydrogen-bond acceptors (Lipinski definition) is 1. The molecule has 0 saturated heterocycles. The molecule has 214 valence electrons. The predicted molar refractivity (Wildman–Crippen MR) is 196 cm³/mol. The lowest BCUT2D eigenvalue weighted by Gasteiger charge is -2.14. The number of pyridine rings is 1. The highest BCUT2D eigenvalue weighted by Gasteiger charge is 2.14. The smallest absolute Gasteiger partial charge is 0.0722 e. The molecule has 0 fully saturated rings. The quantitative estimate of drug-likeness (QED) is 0.188. The monoisotopic (exact) mass is 583 g/mol. The third-order valence-electron chi connectivity index (χ3n) is 9.26. The van der Waals surface area contributed by atoms with Crippen molar-refractivity contribution in [1.29, 1.82) is 0 Å². The van der Waals surface area contributed by atoms with Gasteiger partial charge in [-0.15, -0.1) is 0 Å². The van der Waals surface area contributed by atoms with E-state index in [1.165, 1.54) is 71.1 Å². The fourth-order valence-electron chi connectivity index (χ4n) is 6.97. The Morgan fingerprint density at radius 3 is 1.57 bits per heavy atom. The zero-order valence-corrected chi connectivity index (χ0v) is 25.2. The Morgan fingerprint density at radius 1 is 0.304 bits per heavy atom. The summed E-state index contributed by atoms with van der Waals surface area (Å²) in [6.45, 7) is 0. The molecule has 0 atom stereocenters. The Morgan fingerprint density at radius 2 is 0.848 bits per heavy atom. The Bertz CT molecular complexity index is 2540. The lowest BCUT2D eigenvalue weighted by Crippen LogP contribution is -1.91. The van der Waals surface area contributed by atoms with Gasteiger partial charge in [0.2, 0.25) is 0 Å². The first-order valence-electron chi connectivity index (χ1n) is 15.8. The van der Waals surface area contributed by atoms with Gasteiger partial charge < -0.3 is 0 Å². The van der Waals surface area contributed by atoms with Crippen LogP contribution in [0.2, 0.25) is 0 Å². The zero-order valence-electron chi connectivity index (χ0n) is 25.2. The minimum atomic E-state index is 0.985.